The van der Waals surface area contributed by atoms with Gasteiger partial charge in [-0.05, 0) is 25.2 Å². The third kappa shape index (κ3) is 5.91. The standard InChI is InChI=1S/C16H29N3O2S/c1-5-7-21-16-18-13(6-2)14(19-16)9-17-15(20)12(10-22)8-11(3)4/h11-12,22H,5-10H2,1-4H3,(H,17,20)(H,18,19)/t12-/m1/s1. The van der Waals surface area contributed by atoms with E-state index in [1.807, 2.05) is 6.92 Å². The summed E-state index contributed by atoms with van der Waals surface area (Å²) in [6, 6.07) is 0.538. The lowest BCUT2D eigenvalue weighted by Gasteiger charge is -2.16. The topological polar surface area (TPSA) is 67.0 Å². The van der Waals surface area contributed by atoms with Gasteiger partial charge in [0.05, 0.1) is 24.5 Å². The zero-order chi connectivity index (χ0) is 16.5. The largest absolute Gasteiger partial charge is 0.465 e. The van der Waals surface area contributed by atoms with Crippen molar-refractivity contribution in [1.82, 2.24) is 15.3 Å². The van der Waals surface area contributed by atoms with Crippen LogP contribution < -0.4 is 10.1 Å². The molecule has 126 valence electrons. The number of H-pyrrole nitrogens is 1. The van der Waals surface area contributed by atoms with Crippen LogP contribution in [-0.4, -0.2) is 28.2 Å². The third-order valence-corrected chi connectivity index (χ3v) is 3.85. The molecule has 0 aliphatic rings. The van der Waals surface area contributed by atoms with E-state index in [0.717, 1.165) is 30.7 Å². The molecule has 1 heterocycles. The molecule has 0 aliphatic heterocycles. The van der Waals surface area contributed by atoms with Gasteiger partial charge in [0.1, 0.15) is 0 Å². The summed E-state index contributed by atoms with van der Waals surface area (Å²) < 4.78 is 5.51. The van der Waals surface area contributed by atoms with Crippen molar-refractivity contribution in [2.75, 3.05) is 12.4 Å². The minimum absolute atomic E-state index is 0.0489. The van der Waals surface area contributed by atoms with Crippen molar-refractivity contribution in [2.24, 2.45) is 11.8 Å². The SMILES string of the molecule is CCCOc1nc(CC)c(CNC(=O)[C@@H](CS)CC(C)C)[nH]1. The van der Waals surface area contributed by atoms with E-state index in [9.17, 15) is 4.79 Å². The van der Waals surface area contributed by atoms with Gasteiger partial charge in [-0.25, -0.2) is 4.98 Å². The summed E-state index contributed by atoms with van der Waals surface area (Å²) in [4.78, 5) is 19.8. The van der Waals surface area contributed by atoms with E-state index in [1.54, 1.807) is 0 Å². The first-order valence-corrected chi connectivity index (χ1v) is 8.74. The molecule has 0 bridgehead atoms. The highest BCUT2D eigenvalue weighted by Gasteiger charge is 2.19. The quantitative estimate of drug-likeness (QED) is 0.579. The number of aryl methyl sites for hydroxylation is 1. The van der Waals surface area contributed by atoms with E-state index in [2.05, 4.69) is 48.7 Å². The number of nitrogens with one attached hydrogen (secondary N) is 2. The van der Waals surface area contributed by atoms with E-state index in [0.29, 0.717) is 30.8 Å². The Morgan fingerprint density at radius 3 is 2.68 bits per heavy atom. The fraction of sp³-hybridized carbons (Fsp3) is 0.750. The number of thiol groups is 1. The number of rotatable bonds is 10. The first kappa shape index (κ1) is 18.9. The molecule has 1 aromatic heterocycles. The normalized spacial score (nSPS) is 12.5. The molecule has 0 fully saturated rings. The van der Waals surface area contributed by atoms with Crippen LogP contribution in [0.25, 0.3) is 0 Å². The second-order valence-corrected chi connectivity index (χ2v) is 6.26. The van der Waals surface area contributed by atoms with E-state index >= 15 is 0 Å². The van der Waals surface area contributed by atoms with Crippen LogP contribution in [0.2, 0.25) is 0 Å². The van der Waals surface area contributed by atoms with Crippen LogP contribution in [0.15, 0.2) is 0 Å². The Morgan fingerprint density at radius 2 is 2.14 bits per heavy atom. The predicted octanol–water partition coefficient (Wildman–Crippen LogP) is 2.97. The number of nitrogens with zero attached hydrogens (tertiary/aromatic N) is 1. The smallest absolute Gasteiger partial charge is 0.294 e. The molecular formula is C16H29N3O2S. The van der Waals surface area contributed by atoms with E-state index < -0.39 is 0 Å². The predicted molar refractivity (Wildman–Crippen MR) is 92.4 cm³/mol. The summed E-state index contributed by atoms with van der Waals surface area (Å²) in [6.45, 7) is 9.42. The maximum atomic E-state index is 12.2. The van der Waals surface area contributed by atoms with Crippen molar-refractivity contribution >= 4 is 18.5 Å². The van der Waals surface area contributed by atoms with Crippen LogP contribution in [0.3, 0.4) is 0 Å². The van der Waals surface area contributed by atoms with Crippen LogP contribution in [-0.2, 0) is 17.8 Å². The molecule has 1 amide bonds. The second-order valence-electron chi connectivity index (χ2n) is 5.90. The number of amides is 1. The minimum Gasteiger partial charge on any atom is -0.465 e. The summed E-state index contributed by atoms with van der Waals surface area (Å²) in [5.74, 6) is 1.05. The average Bonchev–Trinajstić information content (AvgIpc) is 2.90. The number of carbonyl (C=O) groups excluding carboxylic acids is 1. The molecule has 0 spiro atoms. The first-order valence-electron chi connectivity index (χ1n) is 8.10. The summed E-state index contributed by atoms with van der Waals surface area (Å²) in [7, 11) is 0. The molecule has 1 aromatic rings. The lowest BCUT2D eigenvalue weighted by molar-refractivity contribution is -0.124. The van der Waals surface area contributed by atoms with Gasteiger partial charge in [-0.2, -0.15) is 12.6 Å². The van der Waals surface area contributed by atoms with Gasteiger partial charge < -0.3 is 15.0 Å². The number of hydrogen-bond acceptors (Lipinski definition) is 4. The van der Waals surface area contributed by atoms with Crippen LogP contribution in [0, 0.1) is 11.8 Å². The highest BCUT2D eigenvalue weighted by molar-refractivity contribution is 7.80. The fourth-order valence-corrected chi connectivity index (χ4v) is 2.59. The summed E-state index contributed by atoms with van der Waals surface area (Å²) in [6.07, 6.45) is 2.59. The fourth-order valence-electron chi connectivity index (χ4n) is 2.28. The number of carbonyl (C=O) groups is 1. The molecule has 0 radical (unpaired) electrons. The lowest BCUT2D eigenvalue weighted by Crippen LogP contribution is -2.32. The Kier molecular flexibility index (Phi) is 8.38. The maximum Gasteiger partial charge on any atom is 0.294 e. The Balaban J connectivity index is 2.62. The lowest BCUT2D eigenvalue weighted by atomic mass is 9.98. The highest BCUT2D eigenvalue weighted by Crippen LogP contribution is 2.15. The summed E-state index contributed by atoms with van der Waals surface area (Å²) in [5, 5.41) is 2.98. The number of ether oxygens (including phenoxy) is 1. The highest BCUT2D eigenvalue weighted by atomic mass is 32.1. The molecule has 22 heavy (non-hydrogen) atoms. The summed E-state index contributed by atoms with van der Waals surface area (Å²) >= 11 is 4.29. The van der Waals surface area contributed by atoms with Crippen molar-refractivity contribution in [2.45, 2.75) is 53.5 Å². The number of aromatic nitrogens is 2. The van der Waals surface area contributed by atoms with Crippen LogP contribution in [0.1, 0.15) is 51.9 Å². The zero-order valence-corrected chi connectivity index (χ0v) is 15.0. The maximum absolute atomic E-state index is 12.2. The first-order chi connectivity index (χ1) is 10.5. The van der Waals surface area contributed by atoms with Crippen molar-refractivity contribution < 1.29 is 9.53 Å². The third-order valence-electron chi connectivity index (χ3n) is 3.41. The van der Waals surface area contributed by atoms with Gasteiger partial charge in [-0.15, -0.1) is 0 Å². The van der Waals surface area contributed by atoms with E-state index in [-0.39, 0.29) is 11.8 Å². The Labute approximate surface area is 139 Å². The monoisotopic (exact) mass is 327 g/mol. The summed E-state index contributed by atoms with van der Waals surface area (Å²) in [5.41, 5.74) is 1.86. The van der Waals surface area contributed by atoms with Gasteiger partial charge in [0.15, 0.2) is 0 Å². The molecule has 2 N–H and O–H groups in total. The minimum atomic E-state index is -0.0489. The molecule has 0 aromatic carbocycles. The molecule has 0 saturated carbocycles. The van der Waals surface area contributed by atoms with Crippen LogP contribution in [0.5, 0.6) is 6.01 Å². The number of hydrogen-bond donors (Lipinski definition) is 3. The van der Waals surface area contributed by atoms with Crippen molar-refractivity contribution in [1.29, 1.82) is 0 Å². The molecule has 6 heteroatoms. The van der Waals surface area contributed by atoms with Gasteiger partial charge in [0.2, 0.25) is 5.91 Å². The Morgan fingerprint density at radius 1 is 1.41 bits per heavy atom. The molecule has 0 unspecified atom stereocenters. The molecule has 5 nitrogen and oxygen atoms in total. The van der Waals surface area contributed by atoms with Gasteiger partial charge in [0.25, 0.3) is 6.01 Å². The van der Waals surface area contributed by atoms with E-state index in [1.165, 1.54) is 0 Å². The molecule has 0 saturated heterocycles. The van der Waals surface area contributed by atoms with Crippen molar-refractivity contribution in [3.05, 3.63) is 11.4 Å². The van der Waals surface area contributed by atoms with E-state index in [4.69, 9.17) is 4.74 Å². The molecule has 1 atom stereocenters. The van der Waals surface area contributed by atoms with Crippen LogP contribution >= 0.6 is 12.6 Å². The van der Waals surface area contributed by atoms with Crippen LogP contribution in [0.4, 0.5) is 0 Å². The molecule has 1 rings (SSSR count). The van der Waals surface area contributed by atoms with Crippen molar-refractivity contribution in [3.63, 3.8) is 0 Å². The molecule has 0 aliphatic carbocycles. The number of aromatic amines is 1. The van der Waals surface area contributed by atoms with Gasteiger partial charge in [-0.1, -0.05) is 27.7 Å². The number of imidazole rings is 1. The zero-order valence-electron chi connectivity index (χ0n) is 14.1. The molecular weight excluding hydrogens is 298 g/mol. The Bertz CT molecular complexity index is 460. The average molecular weight is 327 g/mol. The van der Waals surface area contributed by atoms with Gasteiger partial charge >= 0.3 is 0 Å². The Hall–Kier alpha value is -1.17. The van der Waals surface area contributed by atoms with Crippen molar-refractivity contribution in [3.8, 4) is 6.01 Å². The van der Waals surface area contributed by atoms with Gasteiger partial charge in [0, 0.05) is 11.7 Å². The second kappa shape index (κ2) is 9.77. The van der Waals surface area contributed by atoms with Gasteiger partial charge in [-0.3, -0.25) is 4.79 Å².